The number of imidazole rings is 1. The van der Waals surface area contributed by atoms with Gasteiger partial charge in [-0.2, -0.15) is 12.7 Å². The third kappa shape index (κ3) is 19.5. The minimum Gasteiger partial charge on any atom is -0.493 e. The average Bonchev–Trinajstić information content (AvgIpc) is 3.88. The van der Waals surface area contributed by atoms with Gasteiger partial charge in [-0.1, -0.05) is 49.9 Å². The summed E-state index contributed by atoms with van der Waals surface area (Å²) < 4.78 is 102. The van der Waals surface area contributed by atoms with Gasteiger partial charge in [0, 0.05) is 50.1 Å². The molecule has 1 aliphatic heterocycles. The van der Waals surface area contributed by atoms with E-state index in [1.54, 1.807) is 43.3 Å². The first-order valence-electron chi connectivity index (χ1n) is 22.4. The van der Waals surface area contributed by atoms with Crippen molar-refractivity contribution < 1.29 is 103 Å². The van der Waals surface area contributed by atoms with Crippen LogP contribution in [0, 0.1) is 5.41 Å². The zero-order chi connectivity index (χ0) is 55.4. The molecule has 10 N–H and O–H groups in total. The molecule has 7 unspecified atom stereocenters. The van der Waals surface area contributed by atoms with Crippen LogP contribution in [-0.2, 0) is 78.4 Å². The minimum atomic E-state index is -5.61. The Morgan fingerprint density at radius 1 is 0.933 bits per heavy atom. The Balaban J connectivity index is 0.985. The molecule has 29 nitrogen and oxygen atoms in total. The van der Waals surface area contributed by atoms with Gasteiger partial charge in [0.05, 0.1) is 32.4 Å². The second-order valence-corrected chi connectivity index (χ2v) is 24.0. The van der Waals surface area contributed by atoms with Crippen LogP contribution in [-0.4, -0.2) is 157 Å². The van der Waals surface area contributed by atoms with Crippen molar-refractivity contribution in [3.63, 3.8) is 0 Å². The number of aromatic nitrogens is 4. The molecular formula is C41H58N7O22P3S2. The number of benzene rings is 2. The van der Waals surface area contributed by atoms with Crippen LogP contribution in [0.25, 0.3) is 11.2 Å². The lowest BCUT2D eigenvalue weighted by atomic mass is 9.87. The molecule has 1 saturated heterocycles. The largest absolute Gasteiger partial charge is 0.493 e. The smallest absolute Gasteiger partial charge is 0.481 e. The second-order valence-electron chi connectivity index (χ2n) is 17.1. The topological polar surface area (TPSA) is 425 Å². The van der Waals surface area contributed by atoms with Crippen molar-refractivity contribution in [3.8, 4) is 11.5 Å². The SMILES string of the molecule is CCO[C@@H](Cc1ccc(OCCc2ccc(OS(C)(=O)=O)cc2)cc1)C(=O)SCCNC(=O)CCNC(=O)C(O)C(C)(C)COP(=O)(O)OP(=O)(O)OCC1OC(n2cnc3c(N)ncnc32)C(O)C1OP(=O)(O)O. The van der Waals surface area contributed by atoms with Crippen molar-refractivity contribution in [3.05, 3.63) is 72.3 Å². The van der Waals surface area contributed by atoms with Crippen LogP contribution in [0.1, 0.15) is 44.5 Å². The third-order valence-electron chi connectivity index (χ3n) is 10.6. The summed E-state index contributed by atoms with van der Waals surface area (Å²) in [5, 5.41) is 26.4. The summed E-state index contributed by atoms with van der Waals surface area (Å²) >= 11 is 0.966. The number of aliphatic hydroxyl groups is 2. The van der Waals surface area contributed by atoms with E-state index in [0.29, 0.717) is 18.8 Å². The molecule has 0 saturated carbocycles. The molecule has 5 rings (SSSR count). The zero-order valence-corrected chi connectivity index (χ0v) is 44.9. The number of hydrogen-bond donors (Lipinski definition) is 9. The van der Waals surface area contributed by atoms with Crippen LogP contribution in [0.3, 0.4) is 0 Å². The highest BCUT2D eigenvalue weighted by Gasteiger charge is 2.50. The Labute approximate surface area is 433 Å². The van der Waals surface area contributed by atoms with E-state index in [1.807, 2.05) is 12.1 Å². The number of amides is 2. The van der Waals surface area contributed by atoms with Crippen molar-refractivity contribution in [2.24, 2.45) is 5.41 Å². The van der Waals surface area contributed by atoms with E-state index in [0.717, 1.165) is 46.4 Å². The minimum absolute atomic E-state index is 0.0174. The van der Waals surface area contributed by atoms with E-state index in [9.17, 15) is 66.3 Å². The Morgan fingerprint density at radius 3 is 2.24 bits per heavy atom. The van der Waals surface area contributed by atoms with Crippen molar-refractivity contribution >= 4 is 79.3 Å². The Bertz CT molecular complexity index is 2840. The number of fused-ring (bicyclic) bond motifs is 1. The fraction of sp³-hybridized carbons (Fsp3) is 0.512. The van der Waals surface area contributed by atoms with Gasteiger partial charge in [0.2, 0.25) is 16.9 Å². The van der Waals surface area contributed by atoms with Gasteiger partial charge < -0.3 is 64.5 Å². The number of nitrogens with two attached hydrogens (primary N) is 1. The van der Waals surface area contributed by atoms with Crippen LogP contribution < -0.4 is 25.3 Å². The summed E-state index contributed by atoms with van der Waals surface area (Å²) in [6.07, 6.45) is -6.09. The van der Waals surface area contributed by atoms with Crippen molar-refractivity contribution in [2.45, 2.75) is 76.8 Å². The van der Waals surface area contributed by atoms with Crippen molar-refractivity contribution in [1.29, 1.82) is 0 Å². The molecule has 2 aromatic carbocycles. The number of phosphoric acid groups is 3. The Hall–Kier alpha value is -4.49. The third-order valence-corrected chi connectivity index (χ3v) is 15.1. The summed E-state index contributed by atoms with van der Waals surface area (Å²) in [7, 11) is -20.1. The molecule has 2 amide bonds. The Morgan fingerprint density at radius 2 is 1.59 bits per heavy atom. The standard InChI is InChI=1S/C41H58N7O22P3S2/c1-5-63-29(20-26-8-10-27(11-9-26)64-18-15-25-6-12-28(13-7-25)69-75(4,61)62)40(53)74-19-17-43-31(49)14-16-44-38(52)35(51)41(2,3)22-66-73(59,60)70-72(57,58)65-21-30-34(68-71(54,55)56)33(50)39(67-30)48-24-47-32-36(42)45-23-46-37(32)48/h6-13,23-24,29-30,33-35,39,50-51H,5,14-22H2,1-4H3,(H,43,49)(H,44,52)(H,57,58)(H,59,60)(H2,42,45,46)(H2,54,55,56)/t29-,30?,33?,34?,35?,39?/m0/s1. The van der Waals surface area contributed by atoms with Crippen LogP contribution in [0.5, 0.6) is 11.5 Å². The molecule has 0 aliphatic carbocycles. The highest BCUT2D eigenvalue weighted by atomic mass is 32.2. The van der Waals surface area contributed by atoms with Gasteiger partial charge in [0.1, 0.15) is 53.9 Å². The maximum atomic E-state index is 13.0. The summed E-state index contributed by atoms with van der Waals surface area (Å²) in [4.78, 5) is 89.6. The number of carbonyl (C=O) groups excluding carboxylic acids is 3. The molecule has 75 heavy (non-hydrogen) atoms. The van der Waals surface area contributed by atoms with Crippen LogP contribution >= 0.6 is 35.2 Å². The van der Waals surface area contributed by atoms with E-state index >= 15 is 0 Å². The molecule has 1 fully saturated rings. The lowest BCUT2D eigenvalue weighted by Gasteiger charge is -2.30. The molecule has 8 atom stereocenters. The molecule has 0 spiro atoms. The Kier molecular flexibility index (Phi) is 21.9. The van der Waals surface area contributed by atoms with Gasteiger partial charge in [0.15, 0.2) is 17.7 Å². The zero-order valence-electron chi connectivity index (χ0n) is 40.5. The van der Waals surface area contributed by atoms with Gasteiger partial charge in [-0.15, -0.1) is 0 Å². The van der Waals surface area contributed by atoms with Crippen molar-refractivity contribution in [1.82, 2.24) is 30.2 Å². The molecule has 416 valence electrons. The fourth-order valence-electron chi connectivity index (χ4n) is 6.90. The number of rotatable bonds is 30. The first-order valence-corrected chi connectivity index (χ1v) is 29.7. The van der Waals surface area contributed by atoms with E-state index in [1.165, 1.54) is 13.8 Å². The normalized spacial score (nSPS) is 19.7. The summed E-state index contributed by atoms with van der Waals surface area (Å²) in [6, 6.07) is 13.8. The number of ether oxygens (including phenoxy) is 3. The predicted octanol–water partition coefficient (Wildman–Crippen LogP) is 1.27. The molecule has 4 aromatic rings. The van der Waals surface area contributed by atoms with E-state index in [-0.39, 0.29) is 66.1 Å². The van der Waals surface area contributed by atoms with Crippen LogP contribution in [0.2, 0.25) is 0 Å². The number of nitrogen functional groups attached to an aromatic ring is 1. The van der Waals surface area contributed by atoms with Gasteiger partial charge >= 0.3 is 33.6 Å². The number of nitrogens with one attached hydrogen (secondary N) is 2. The highest BCUT2D eigenvalue weighted by molar-refractivity contribution is 8.13. The number of thioether (sulfide) groups is 1. The predicted molar refractivity (Wildman–Crippen MR) is 264 cm³/mol. The number of aliphatic hydroxyl groups excluding tert-OH is 2. The molecule has 0 radical (unpaired) electrons. The maximum absolute atomic E-state index is 13.0. The van der Waals surface area contributed by atoms with Gasteiger partial charge in [0.25, 0.3) is 0 Å². The molecule has 34 heteroatoms. The lowest BCUT2D eigenvalue weighted by molar-refractivity contribution is -0.137. The molecule has 0 bridgehead atoms. The number of hydrogen-bond acceptors (Lipinski definition) is 23. The van der Waals surface area contributed by atoms with E-state index in [2.05, 4.69) is 34.4 Å². The van der Waals surface area contributed by atoms with E-state index < -0.39 is 101 Å². The molecule has 1 aliphatic rings. The summed E-state index contributed by atoms with van der Waals surface area (Å²) in [6.45, 7) is 2.63. The fourth-order valence-corrected chi connectivity index (χ4v) is 10.9. The summed E-state index contributed by atoms with van der Waals surface area (Å²) in [5.74, 6) is -0.539. The molecule has 2 aromatic heterocycles. The van der Waals surface area contributed by atoms with Crippen LogP contribution in [0.4, 0.5) is 5.82 Å². The van der Waals surface area contributed by atoms with Gasteiger partial charge in [-0.25, -0.2) is 28.6 Å². The monoisotopic (exact) mass is 1160 g/mol. The second kappa shape index (κ2) is 26.7. The van der Waals surface area contributed by atoms with E-state index in [4.69, 9.17) is 33.2 Å². The highest BCUT2D eigenvalue weighted by Crippen LogP contribution is 2.61. The molecule has 3 heterocycles. The van der Waals surface area contributed by atoms with Crippen LogP contribution in [0.15, 0.2) is 61.2 Å². The summed E-state index contributed by atoms with van der Waals surface area (Å²) in [5.41, 5.74) is 5.95. The number of carbonyl (C=O) groups is 3. The quantitative estimate of drug-likeness (QED) is 0.0202. The number of anilines is 1. The number of phosphoric ester groups is 3. The first kappa shape index (κ1) is 61.4. The average molecular weight is 1160 g/mol. The number of nitrogens with zero attached hydrogens (tertiary/aromatic N) is 4. The van der Waals surface area contributed by atoms with Crippen molar-refractivity contribution in [2.75, 3.05) is 57.3 Å². The van der Waals surface area contributed by atoms with Gasteiger partial charge in [-0.05, 0) is 42.3 Å². The van der Waals surface area contributed by atoms with Gasteiger partial charge in [-0.3, -0.25) is 32.5 Å². The first-order chi connectivity index (χ1) is 35.0. The molecular weight excluding hydrogens is 1100 g/mol. The maximum Gasteiger partial charge on any atom is 0.481 e. The lowest BCUT2D eigenvalue weighted by Crippen LogP contribution is -2.46.